The Kier molecular flexibility index (Phi) is 3.72. The number of benzene rings is 2. The van der Waals surface area contributed by atoms with E-state index in [9.17, 15) is 0 Å². The first kappa shape index (κ1) is 12.5. The van der Waals surface area contributed by atoms with Gasteiger partial charge in [0.25, 0.3) is 0 Å². The maximum atomic E-state index is 6.26. The fourth-order valence-electron chi connectivity index (χ4n) is 1.90. The summed E-state index contributed by atoms with van der Waals surface area (Å²) in [5.41, 5.74) is 1.19. The molecule has 0 unspecified atom stereocenters. The van der Waals surface area contributed by atoms with Crippen LogP contribution in [0, 0.1) is 0 Å². The molecule has 0 aromatic heterocycles. The van der Waals surface area contributed by atoms with E-state index < -0.39 is 0 Å². The minimum Gasteiger partial charge on any atom is -0.456 e. The number of para-hydroxylation sites is 1. The molecule has 1 N–H and O–H groups in total. The normalized spacial score (nSPS) is 14.4. The average molecular weight is 274 g/mol. The summed E-state index contributed by atoms with van der Waals surface area (Å²) in [5, 5.41) is 4.12. The van der Waals surface area contributed by atoms with Gasteiger partial charge in [0.05, 0.1) is 5.02 Å². The summed E-state index contributed by atoms with van der Waals surface area (Å²) in [7, 11) is 0. The van der Waals surface area contributed by atoms with Crippen LogP contribution in [-0.4, -0.2) is 6.04 Å². The molecule has 0 aliphatic heterocycles. The lowest BCUT2D eigenvalue weighted by Gasteiger charge is -2.09. The lowest BCUT2D eigenvalue weighted by molar-refractivity contribution is 0.482. The standard InChI is InChI=1S/C16H16ClNO/c17-15-10-12(11-18-13-7-8-13)6-9-16(15)19-14-4-2-1-3-5-14/h1-6,9-10,13,18H,7-8,11H2. The third-order valence-electron chi connectivity index (χ3n) is 3.14. The van der Waals surface area contributed by atoms with Crippen molar-refractivity contribution in [2.45, 2.75) is 25.4 Å². The molecule has 0 spiro atoms. The molecule has 0 atom stereocenters. The first-order valence-corrected chi connectivity index (χ1v) is 6.94. The van der Waals surface area contributed by atoms with Gasteiger partial charge >= 0.3 is 0 Å². The van der Waals surface area contributed by atoms with E-state index in [4.69, 9.17) is 16.3 Å². The van der Waals surface area contributed by atoms with Gasteiger partial charge in [0, 0.05) is 12.6 Å². The number of halogens is 1. The van der Waals surface area contributed by atoms with Crippen molar-refractivity contribution < 1.29 is 4.74 Å². The van der Waals surface area contributed by atoms with Gasteiger partial charge in [-0.15, -0.1) is 0 Å². The van der Waals surface area contributed by atoms with Crippen LogP contribution in [0.5, 0.6) is 11.5 Å². The summed E-state index contributed by atoms with van der Waals surface area (Å²) < 4.78 is 5.75. The van der Waals surface area contributed by atoms with Gasteiger partial charge in [-0.1, -0.05) is 35.9 Å². The zero-order valence-corrected chi connectivity index (χ0v) is 11.4. The van der Waals surface area contributed by atoms with Crippen molar-refractivity contribution in [1.29, 1.82) is 0 Å². The summed E-state index contributed by atoms with van der Waals surface area (Å²) in [5.74, 6) is 1.50. The third-order valence-corrected chi connectivity index (χ3v) is 3.43. The van der Waals surface area contributed by atoms with E-state index in [0.29, 0.717) is 16.8 Å². The predicted octanol–water partition coefficient (Wildman–Crippen LogP) is 4.38. The zero-order valence-electron chi connectivity index (χ0n) is 10.6. The van der Waals surface area contributed by atoms with Gasteiger partial charge in [0.15, 0.2) is 0 Å². The second-order valence-electron chi connectivity index (χ2n) is 4.84. The lowest BCUT2D eigenvalue weighted by atomic mass is 10.2. The summed E-state index contributed by atoms with van der Waals surface area (Å²) in [6, 6.07) is 16.3. The van der Waals surface area contributed by atoms with Gasteiger partial charge in [0.1, 0.15) is 11.5 Å². The molecule has 0 radical (unpaired) electrons. The van der Waals surface area contributed by atoms with Crippen LogP contribution in [-0.2, 0) is 6.54 Å². The Labute approximate surface area is 118 Å². The maximum Gasteiger partial charge on any atom is 0.146 e. The van der Waals surface area contributed by atoms with Crippen LogP contribution in [0.1, 0.15) is 18.4 Å². The van der Waals surface area contributed by atoms with Gasteiger partial charge in [-0.2, -0.15) is 0 Å². The van der Waals surface area contributed by atoms with E-state index in [1.807, 2.05) is 42.5 Å². The Morgan fingerprint density at radius 3 is 2.58 bits per heavy atom. The zero-order chi connectivity index (χ0) is 13.1. The second kappa shape index (κ2) is 5.64. The summed E-state index contributed by atoms with van der Waals surface area (Å²) in [4.78, 5) is 0. The van der Waals surface area contributed by atoms with Gasteiger partial charge in [0.2, 0.25) is 0 Å². The van der Waals surface area contributed by atoms with Crippen molar-refractivity contribution in [1.82, 2.24) is 5.32 Å². The molecule has 1 aliphatic rings. The number of rotatable bonds is 5. The van der Waals surface area contributed by atoms with Crippen molar-refractivity contribution in [2.75, 3.05) is 0 Å². The highest BCUT2D eigenvalue weighted by Crippen LogP contribution is 2.30. The highest BCUT2D eigenvalue weighted by molar-refractivity contribution is 6.32. The highest BCUT2D eigenvalue weighted by atomic mass is 35.5. The first-order valence-electron chi connectivity index (χ1n) is 6.56. The molecule has 2 aromatic rings. The third kappa shape index (κ3) is 3.49. The molecule has 98 valence electrons. The number of hydrogen-bond acceptors (Lipinski definition) is 2. The minimum absolute atomic E-state index is 0.652. The predicted molar refractivity (Wildman–Crippen MR) is 77.8 cm³/mol. The van der Waals surface area contributed by atoms with Crippen LogP contribution in [0.25, 0.3) is 0 Å². The smallest absolute Gasteiger partial charge is 0.146 e. The Balaban J connectivity index is 1.68. The molecule has 0 saturated heterocycles. The van der Waals surface area contributed by atoms with E-state index in [2.05, 4.69) is 11.4 Å². The average Bonchev–Trinajstić information content (AvgIpc) is 3.25. The molecule has 0 heterocycles. The molecule has 0 bridgehead atoms. The molecule has 3 rings (SSSR count). The fraction of sp³-hybridized carbons (Fsp3) is 0.250. The van der Waals surface area contributed by atoms with Crippen LogP contribution in [0.3, 0.4) is 0 Å². The van der Waals surface area contributed by atoms with E-state index in [-0.39, 0.29) is 0 Å². The maximum absolute atomic E-state index is 6.26. The lowest BCUT2D eigenvalue weighted by Crippen LogP contribution is -2.15. The first-order chi connectivity index (χ1) is 9.31. The van der Waals surface area contributed by atoms with Crippen LogP contribution in [0.15, 0.2) is 48.5 Å². The quantitative estimate of drug-likeness (QED) is 0.873. The minimum atomic E-state index is 0.652. The Morgan fingerprint density at radius 2 is 1.89 bits per heavy atom. The molecule has 19 heavy (non-hydrogen) atoms. The molecule has 1 aliphatic carbocycles. The number of ether oxygens (including phenoxy) is 1. The Bertz CT molecular complexity index is 552. The van der Waals surface area contributed by atoms with Crippen molar-refractivity contribution in [2.24, 2.45) is 0 Å². The summed E-state index contributed by atoms with van der Waals surface area (Å²) >= 11 is 6.26. The van der Waals surface area contributed by atoms with E-state index in [0.717, 1.165) is 12.3 Å². The molecular weight excluding hydrogens is 258 g/mol. The SMILES string of the molecule is Clc1cc(CNC2CC2)ccc1Oc1ccccc1. The summed E-state index contributed by atoms with van der Waals surface area (Å²) in [6.07, 6.45) is 2.59. The fourth-order valence-corrected chi connectivity index (χ4v) is 2.14. The molecule has 3 heteroatoms. The molecule has 1 fully saturated rings. The highest BCUT2D eigenvalue weighted by Gasteiger charge is 2.20. The molecular formula is C16H16ClNO. The van der Waals surface area contributed by atoms with Gasteiger partial charge in [-0.3, -0.25) is 0 Å². The molecule has 0 amide bonds. The van der Waals surface area contributed by atoms with Crippen molar-refractivity contribution in [3.8, 4) is 11.5 Å². The molecule has 1 saturated carbocycles. The Morgan fingerprint density at radius 1 is 1.11 bits per heavy atom. The monoisotopic (exact) mass is 273 g/mol. The largest absolute Gasteiger partial charge is 0.456 e. The van der Waals surface area contributed by atoms with Crippen LogP contribution in [0.2, 0.25) is 5.02 Å². The van der Waals surface area contributed by atoms with E-state index >= 15 is 0 Å². The van der Waals surface area contributed by atoms with Crippen LogP contribution < -0.4 is 10.1 Å². The van der Waals surface area contributed by atoms with Gasteiger partial charge in [-0.25, -0.2) is 0 Å². The second-order valence-corrected chi connectivity index (χ2v) is 5.24. The van der Waals surface area contributed by atoms with E-state index in [1.165, 1.54) is 18.4 Å². The number of nitrogens with one attached hydrogen (secondary N) is 1. The van der Waals surface area contributed by atoms with E-state index in [1.54, 1.807) is 0 Å². The van der Waals surface area contributed by atoms with Gasteiger partial charge in [-0.05, 0) is 42.7 Å². The summed E-state index contributed by atoms with van der Waals surface area (Å²) in [6.45, 7) is 0.871. The molecule has 2 aromatic carbocycles. The topological polar surface area (TPSA) is 21.3 Å². The van der Waals surface area contributed by atoms with Crippen molar-refractivity contribution in [3.63, 3.8) is 0 Å². The van der Waals surface area contributed by atoms with Gasteiger partial charge < -0.3 is 10.1 Å². The molecule has 2 nitrogen and oxygen atoms in total. The number of hydrogen-bond donors (Lipinski definition) is 1. The van der Waals surface area contributed by atoms with Crippen LogP contribution >= 0.6 is 11.6 Å². The van der Waals surface area contributed by atoms with Crippen molar-refractivity contribution >= 4 is 11.6 Å². The van der Waals surface area contributed by atoms with Crippen molar-refractivity contribution in [3.05, 3.63) is 59.1 Å². The van der Waals surface area contributed by atoms with Crippen LogP contribution in [0.4, 0.5) is 0 Å². The Hall–Kier alpha value is -1.51.